The van der Waals surface area contributed by atoms with Crippen molar-refractivity contribution >= 4 is 34.5 Å². The van der Waals surface area contributed by atoms with Crippen molar-refractivity contribution in [1.29, 1.82) is 0 Å². The van der Waals surface area contributed by atoms with Gasteiger partial charge in [0.2, 0.25) is 5.95 Å². The molecule has 0 aliphatic rings. The van der Waals surface area contributed by atoms with Crippen LogP contribution in [-0.4, -0.2) is 25.2 Å². The number of carbonyl (C=O) groups is 1. The molecular weight excluding hydrogens is 302 g/mol. The van der Waals surface area contributed by atoms with Gasteiger partial charge in [0.15, 0.2) is 0 Å². The summed E-state index contributed by atoms with van der Waals surface area (Å²) in [6, 6.07) is 7.31. The average Bonchev–Trinajstić information content (AvgIpc) is 3.05. The Bertz CT molecular complexity index is 822. The van der Waals surface area contributed by atoms with E-state index in [0.29, 0.717) is 17.4 Å². The third-order valence-corrected chi connectivity index (χ3v) is 3.80. The molecule has 1 aromatic carbocycles. The smallest absolute Gasteiger partial charge is 0.251 e. The van der Waals surface area contributed by atoms with Crippen LogP contribution in [0.4, 0.5) is 5.95 Å². The number of hydrogen-bond donors (Lipinski definition) is 1. The molecule has 114 valence electrons. The summed E-state index contributed by atoms with van der Waals surface area (Å²) in [5.74, 6) is 0.351. The van der Waals surface area contributed by atoms with Crippen LogP contribution in [-0.2, 0) is 11.8 Å². The van der Waals surface area contributed by atoms with Crippen LogP contribution in [0.1, 0.15) is 19.4 Å². The molecule has 1 atom stereocenters. The van der Waals surface area contributed by atoms with Crippen molar-refractivity contribution in [3.8, 4) is 0 Å². The first kappa shape index (κ1) is 14.6. The Kier molecular flexibility index (Phi) is 3.85. The molecule has 1 amide bonds. The van der Waals surface area contributed by atoms with Crippen molar-refractivity contribution < 1.29 is 4.79 Å². The van der Waals surface area contributed by atoms with E-state index in [1.807, 2.05) is 42.8 Å². The van der Waals surface area contributed by atoms with Crippen LogP contribution >= 0.6 is 11.6 Å². The van der Waals surface area contributed by atoms with Gasteiger partial charge in [-0.05, 0) is 18.6 Å². The number of aromatic nitrogens is 4. The van der Waals surface area contributed by atoms with Crippen molar-refractivity contribution in [1.82, 2.24) is 19.3 Å². The number of fused-ring (bicyclic) bond motifs is 1. The lowest BCUT2D eigenvalue weighted by atomic mass is 10.2. The minimum atomic E-state index is -0.424. The molecule has 0 spiro atoms. The van der Waals surface area contributed by atoms with Gasteiger partial charge in [-0.2, -0.15) is 5.10 Å². The lowest BCUT2D eigenvalue weighted by Gasteiger charge is -2.15. The van der Waals surface area contributed by atoms with Crippen molar-refractivity contribution in [2.24, 2.45) is 7.05 Å². The van der Waals surface area contributed by atoms with E-state index in [4.69, 9.17) is 11.6 Å². The van der Waals surface area contributed by atoms with Crippen LogP contribution in [0.15, 0.2) is 36.7 Å². The minimum absolute atomic E-state index is 0.166. The second-order valence-corrected chi connectivity index (χ2v) is 5.47. The molecular formula is C15H16ClN5O. The number of carbonyl (C=O) groups excluding carboxylic acids is 1. The first-order valence-electron chi connectivity index (χ1n) is 7.02. The van der Waals surface area contributed by atoms with E-state index < -0.39 is 6.04 Å². The molecule has 0 aliphatic carbocycles. The average molecular weight is 318 g/mol. The molecule has 22 heavy (non-hydrogen) atoms. The van der Waals surface area contributed by atoms with Gasteiger partial charge in [0, 0.05) is 13.2 Å². The summed E-state index contributed by atoms with van der Waals surface area (Å²) in [4.78, 5) is 17.0. The third kappa shape index (κ3) is 2.57. The number of rotatable bonds is 4. The Morgan fingerprint density at radius 3 is 2.82 bits per heavy atom. The van der Waals surface area contributed by atoms with Gasteiger partial charge in [0.1, 0.15) is 6.04 Å². The van der Waals surface area contributed by atoms with Crippen LogP contribution in [0.25, 0.3) is 11.0 Å². The topological polar surface area (TPSA) is 64.7 Å². The van der Waals surface area contributed by atoms with E-state index in [2.05, 4.69) is 15.4 Å². The number of nitrogens with one attached hydrogen (secondary N) is 1. The number of nitrogens with zero attached hydrogens (tertiary/aromatic N) is 4. The second-order valence-electron chi connectivity index (χ2n) is 5.04. The molecule has 6 nitrogen and oxygen atoms in total. The summed E-state index contributed by atoms with van der Waals surface area (Å²) in [6.45, 7) is 1.93. The van der Waals surface area contributed by atoms with Gasteiger partial charge in [0.25, 0.3) is 5.91 Å². The highest BCUT2D eigenvalue weighted by atomic mass is 35.5. The van der Waals surface area contributed by atoms with Crippen molar-refractivity contribution in [2.45, 2.75) is 19.4 Å². The van der Waals surface area contributed by atoms with Gasteiger partial charge in [-0.25, -0.2) is 4.98 Å². The summed E-state index contributed by atoms with van der Waals surface area (Å²) in [5, 5.41) is 7.49. The fourth-order valence-electron chi connectivity index (χ4n) is 2.43. The number of benzene rings is 1. The zero-order valence-corrected chi connectivity index (χ0v) is 13.1. The predicted molar refractivity (Wildman–Crippen MR) is 85.9 cm³/mol. The molecule has 1 N–H and O–H groups in total. The molecule has 0 saturated carbocycles. The van der Waals surface area contributed by atoms with Gasteiger partial charge in [-0.1, -0.05) is 30.7 Å². The first-order valence-corrected chi connectivity index (χ1v) is 7.40. The molecule has 0 bridgehead atoms. The Balaban J connectivity index is 1.87. The van der Waals surface area contributed by atoms with Crippen molar-refractivity contribution in [2.75, 3.05) is 5.32 Å². The molecule has 0 radical (unpaired) electrons. The van der Waals surface area contributed by atoms with E-state index >= 15 is 0 Å². The number of imidazole rings is 1. The second kappa shape index (κ2) is 5.81. The molecule has 2 heterocycles. The predicted octanol–water partition coefficient (Wildman–Crippen LogP) is 3.01. The lowest BCUT2D eigenvalue weighted by molar-refractivity contribution is -0.119. The maximum atomic E-state index is 12.5. The van der Waals surface area contributed by atoms with Gasteiger partial charge in [0.05, 0.1) is 22.3 Å². The monoisotopic (exact) mass is 317 g/mol. The maximum absolute atomic E-state index is 12.5. The lowest BCUT2D eigenvalue weighted by Crippen LogP contribution is -2.27. The van der Waals surface area contributed by atoms with Crippen LogP contribution in [0.3, 0.4) is 0 Å². The Morgan fingerprint density at radius 2 is 2.18 bits per heavy atom. The van der Waals surface area contributed by atoms with E-state index in [0.717, 1.165) is 11.0 Å². The first-order chi connectivity index (χ1) is 10.6. The van der Waals surface area contributed by atoms with Crippen LogP contribution in [0.5, 0.6) is 0 Å². The van der Waals surface area contributed by atoms with E-state index in [-0.39, 0.29) is 5.91 Å². The van der Waals surface area contributed by atoms with E-state index in [1.165, 1.54) is 6.20 Å². The molecule has 1 unspecified atom stereocenters. The zero-order valence-electron chi connectivity index (χ0n) is 12.3. The van der Waals surface area contributed by atoms with Gasteiger partial charge < -0.3 is 4.57 Å². The van der Waals surface area contributed by atoms with Crippen molar-refractivity contribution in [3.05, 3.63) is 41.7 Å². The maximum Gasteiger partial charge on any atom is 0.251 e. The Morgan fingerprint density at radius 1 is 1.41 bits per heavy atom. The van der Waals surface area contributed by atoms with E-state index in [1.54, 1.807) is 10.9 Å². The quantitative estimate of drug-likeness (QED) is 0.804. The number of halogens is 1. The van der Waals surface area contributed by atoms with E-state index in [9.17, 15) is 4.79 Å². The largest absolute Gasteiger partial charge is 0.313 e. The highest BCUT2D eigenvalue weighted by molar-refractivity contribution is 6.30. The van der Waals surface area contributed by atoms with Crippen LogP contribution in [0, 0.1) is 0 Å². The molecule has 0 fully saturated rings. The van der Waals surface area contributed by atoms with Crippen LogP contribution in [0.2, 0.25) is 5.02 Å². The molecule has 7 heteroatoms. The Hall–Kier alpha value is -2.34. The normalized spacial score (nSPS) is 12.5. The number of anilines is 1. The SMILES string of the molecule is CCC(C(=O)Nc1nc2ccccc2n1C)n1cc(Cl)cn1. The standard InChI is InChI=1S/C15H16ClN5O/c1-3-12(21-9-10(16)8-17-21)14(22)19-15-18-11-6-4-5-7-13(11)20(15)2/h4-9,12H,3H2,1-2H3,(H,18,19,22). The zero-order chi connectivity index (χ0) is 15.7. The van der Waals surface area contributed by atoms with Crippen molar-refractivity contribution in [3.63, 3.8) is 0 Å². The summed E-state index contributed by atoms with van der Waals surface area (Å²) >= 11 is 5.87. The number of amides is 1. The number of hydrogen-bond acceptors (Lipinski definition) is 3. The summed E-state index contributed by atoms with van der Waals surface area (Å²) in [7, 11) is 1.87. The molecule has 2 aromatic heterocycles. The fourth-order valence-corrected chi connectivity index (χ4v) is 2.57. The van der Waals surface area contributed by atoms with Gasteiger partial charge in [-0.3, -0.25) is 14.8 Å². The highest BCUT2D eigenvalue weighted by Crippen LogP contribution is 2.20. The Labute approximate surface area is 132 Å². The minimum Gasteiger partial charge on any atom is -0.313 e. The molecule has 3 aromatic rings. The summed E-state index contributed by atoms with van der Waals surface area (Å²) in [5.41, 5.74) is 1.81. The number of aryl methyl sites for hydroxylation is 1. The number of para-hydroxylation sites is 2. The van der Waals surface area contributed by atoms with Gasteiger partial charge >= 0.3 is 0 Å². The van der Waals surface area contributed by atoms with Crippen LogP contribution < -0.4 is 5.32 Å². The highest BCUT2D eigenvalue weighted by Gasteiger charge is 2.21. The molecule has 3 rings (SSSR count). The summed E-state index contributed by atoms with van der Waals surface area (Å²) < 4.78 is 3.43. The third-order valence-electron chi connectivity index (χ3n) is 3.60. The fraction of sp³-hybridized carbons (Fsp3) is 0.267. The summed E-state index contributed by atoms with van der Waals surface area (Å²) in [6.07, 6.45) is 3.77. The van der Waals surface area contributed by atoms with Gasteiger partial charge in [-0.15, -0.1) is 0 Å². The molecule has 0 aliphatic heterocycles. The molecule has 0 saturated heterocycles.